The van der Waals surface area contributed by atoms with Crippen molar-refractivity contribution in [3.05, 3.63) is 10.9 Å². The van der Waals surface area contributed by atoms with Gasteiger partial charge in [-0.05, 0) is 38.7 Å². The standard InChI is InChI=1S/C14H22N2O2S/c1-3-16(9-10-6-5-7-10)12-8-11(15)13(19-12)14(17)18-4-2/h8,10H,3-7,9,15H2,1-2H3. The van der Waals surface area contributed by atoms with Gasteiger partial charge in [-0.2, -0.15) is 0 Å². The van der Waals surface area contributed by atoms with E-state index in [2.05, 4.69) is 11.8 Å². The highest BCUT2D eigenvalue weighted by atomic mass is 32.1. The molecule has 0 atom stereocenters. The van der Waals surface area contributed by atoms with E-state index in [0.29, 0.717) is 17.2 Å². The Morgan fingerprint density at radius 1 is 1.53 bits per heavy atom. The molecule has 0 unspecified atom stereocenters. The van der Waals surface area contributed by atoms with Crippen molar-refractivity contribution in [2.45, 2.75) is 33.1 Å². The fraction of sp³-hybridized carbons (Fsp3) is 0.643. The Balaban J connectivity index is 2.09. The highest BCUT2D eigenvalue weighted by Gasteiger charge is 2.23. The number of carbonyl (C=O) groups excluding carboxylic acids is 1. The van der Waals surface area contributed by atoms with Crippen LogP contribution in [0.2, 0.25) is 0 Å². The maximum atomic E-state index is 11.8. The third-order valence-electron chi connectivity index (χ3n) is 3.61. The Morgan fingerprint density at radius 3 is 2.79 bits per heavy atom. The van der Waals surface area contributed by atoms with Crippen molar-refractivity contribution in [2.75, 3.05) is 30.3 Å². The molecule has 106 valence electrons. The van der Waals surface area contributed by atoms with Gasteiger partial charge >= 0.3 is 5.97 Å². The predicted octanol–water partition coefficient (Wildman–Crippen LogP) is 3.13. The van der Waals surface area contributed by atoms with Crippen molar-refractivity contribution in [3.8, 4) is 0 Å². The van der Waals surface area contributed by atoms with Crippen LogP contribution >= 0.6 is 11.3 Å². The lowest BCUT2D eigenvalue weighted by Crippen LogP contribution is -2.31. The van der Waals surface area contributed by atoms with Crippen molar-refractivity contribution in [2.24, 2.45) is 5.92 Å². The smallest absolute Gasteiger partial charge is 0.350 e. The Morgan fingerprint density at radius 2 is 2.26 bits per heavy atom. The first-order valence-corrected chi connectivity index (χ1v) is 7.78. The second-order valence-electron chi connectivity index (χ2n) is 4.93. The summed E-state index contributed by atoms with van der Waals surface area (Å²) in [7, 11) is 0. The minimum absolute atomic E-state index is 0.309. The van der Waals surface area contributed by atoms with Gasteiger partial charge in [0.05, 0.1) is 17.3 Å². The number of hydrogen-bond donors (Lipinski definition) is 1. The number of nitrogen functional groups attached to an aromatic ring is 1. The van der Waals surface area contributed by atoms with Crippen LogP contribution < -0.4 is 10.6 Å². The van der Waals surface area contributed by atoms with Gasteiger partial charge in [-0.15, -0.1) is 11.3 Å². The molecule has 1 saturated carbocycles. The van der Waals surface area contributed by atoms with E-state index >= 15 is 0 Å². The quantitative estimate of drug-likeness (QED) is 0.814. The van der Waals surface area contributed by atoms with Gasteiger partial charge in [0.25, 0.3) is 0 Å². The number of rotatable bonds is 6. The average Bonchev–Trinajstić information content (AvgIpc) is 2.70. The summed E-state index contributed by atoms with van der Waals surface area (Å²) in [5, 5.41) is 1.08. The first-order valence-electron chi connectivity index (χ1n) is 6.97. The molecule has 0 radical (unpaired) electrons. The number of carbonyl (C=O) groups is 1. The van der Waals surface area contributed by atoms with Crippen LogP contribution in [0.1, 0.15) is 42.8 Å². The summed E-state index contributed by atoms with van der Waals surface area (Å²) in [6, 6.07) is 1.90. The van der Waals surface area contributed by atoms with Crippen molar-refractivity contribution in [1.82, 2.24) is 0 Å². The number of thiophene rings is 1. The number of hydrogen-bond acceptors (Lipinski definition) is 5. The van der Waals surface area contributed by atoms with E-state index in [-0.39, 0.29) is 5.97 Å². The van der Waals surface area contributed by atoms with Crippen molar-refractivity contribution >= 4 is 28.0 Å². The molecule has 0 spiro atoms. The van der Waals surface area contributed by atoms with Crippen LogP contribution in [0, 0.1) is 5.92 Å². The molecule has 4 nitrogen and oxygen atoms in total. The van der Waals surface area contributed by atoms with Gasteiger partial charge in [0.15, 0.2) is 0 Å². The van der Waals surface area contributed by atoms with Crippen LogP contribution in [0.3, 0.4) is 0 Å². The van der Waals surface area contributed by atoms with Crippen molar-refractivity contribution in [1.29, 1.82) is 0 Å². The van der Waals surface area contributed by atoms with Crippen LogP contribution in [0.5, 0.6) is 0 Å². The van der Waals surface area contributed by atoms with E-state index in [1.54, 1.807) is 6.92 Å². The number of nitrogens with two attached hydrogens (primary N) is 1. The molecule has 2 rings (SSSR count). The summed E-state index contributed by atoms with van der Waals surface area (Å²) in [6.45, 7) is 6.33. The van der Waals surface area contributed by atoms with Crippen LogP contribution in [-0.2, 0) is 4.74 Å². The second kappa shape index (κ2) is 6.28. The van der Waals surface area contributed by atoms with Gasteiger partial charge in [-0.1, -0.05) is 6.42 Å². The molecule has 5 heteroatoms. The number of esters is 1. The molecule has 0 amide bonds. The van der Waals surface area contributed by atoms with E-state index in [4.69, 9.17) is 10.5 Å². The first-order chi connectivity index (χ1) is 9.15. The van der Waals surface area contributed by atoms with E-state index in [1.165, 1.54) is 30.6 Å². The Kier molecular flexibility index (Phi) is 4.69. The number of anilines is 2. The van der Waals surface area contributed by atoms with Crippen molar-refractivity contribution in [3.63, 3.8) is 0 Å². The summed E-state index contributed by atoms with van der Waals surface area (Å²) in [5.41, 5.74) is 6.46. The maximum Gasteiger partial charge on any atom is 0.350 e. The van der Waals surface area contributed by atoms with Gasteiger partial charge in [0.2, 0.25) is 0 Å². The summed E-state index contributed by atoms with van der Waals surface area (Å²) in [4.78, 5) is 14.6. The SMILES string of the molecule is CCOC(=O)c1sc(N(CC)CC2CCC2)cc1N. The Hall–Kier alpha value is -1.23. The third-order valence-corrected chi connectivity index (χ3v) is 4.80. The molecule has 1 heterocycles. The Bertz CT molecular complexity index is 441. The average molecular weight is 282 g/mol. The minimum Gasteiger partial charge on any atom is -0.462 e. The van der Waals surface area contributed by atoms with E-state index in [9.17, 15) is 4.79 Å². The predicted molar refractivity (Wildman–Crippen MR) is 79.9 cm³/mol. The molecule has 0 aromatic carbocycles. The second-order valence-corrected chi connectivity index (χ2v) is 5.96. The van der Waals surface area contributed by atoms with Crippen molar-refractivity contribution < 1.29 is 9.53 Å². The molecule has 19 heavy (non-hydrogen) atoms. The maximum absolute atomic E-state index is 11.8. The van der Waals surface area contributed by atoms with Gasteiger partial charge in [-0.3, -0.25) is 0 Å². The molecule has 1 fully saturated rings. The Labute approximate surface area is 118 Å². The normalized spacial score (nSPS) is 15.1. The number of nitrogens with zero attached hydrogens (tertiary/aromatic N) is 1. The molecule has 2 N–H and O–H groups in total. The van der Waals surface area contributed by atoms with Crippen LogP contribution in [0.25, 0.3) is 0 Å². The summed E-state index contributed by atoms with van der Waals surface area (Å²) in [5.74, 6) is 0.491. The summed E-state index contributed by atoms with van der Waals surface area (Å²) >= 11 is 1.44. The molecule has 0 aliphatic heterocycles. The van der Waals surface area contributed by atoms with E-state index < -0.39 is 0 Å². The van der Waals surface area contributed by atoms with E-state index in [1.807, 2.05) is 6.07 Å². The lowest BCUT2D eigenvalue weighted by Gasteiger charge is -2.32. The fourth-order valence-corrected chi connectivity index (χ4v) is 3.31. The zero-order valence-corrected chi connectivity index (χ0v) is 12.5. The van der Waals surface area contributed by atoms with Gasteiger partial charge in [0.1, 0.15) is 4.88 Å². The van der Waals surface area contributed by atoms with Gasteiger partial charge in [0, 0.05) is 13.1 Å². The molecule has 1 aromatic heterocycles. The lowest BCUT2D eigenvalue weighted by atomic mass is 9.85. The highest BCUT2D eigenvalue weighted by molar-refractivity contribution is 7.18. The molecule has 0 saturated heterocycles. The molecule has 1 aliphatic carbocycles. The molecule has 1 aromatic rings. The zero-order valence-electron chi connectivity index (χ0n) is 11.6. The summed E-state index contributed by atoms with van der Waals surface area (Å²) in [6.07, 6.45) is 3.99. The fourth-order valence-electron chi connectivity index (χ4n) is 2.27. The van der Waals surface area contributed by atoms with E-state index in [0.717, 1.165) is 24.0 Å². The first kappa shape index (κ1) is 14.2. The number of ether oxygens (including phenoxy) is 1. The largest absolute Gasteiger partial charge is 0.462 e. The van der Waals surface area contributed by atoms with Crippen LogP contribution in [-0.4, -0.2) is 25.7 Å². The summed E-state index contributed by atoms with van der Waals surface area (Å²) < 4.78 is 5.02. The van der Waals surface area contributed by atoms with Crippen LogP contribution in [0.15, 0.2) is 6.07 Å². The molecular formula is C14H22N2O2S. The molecule has 0 bridgehead atoms. The monoisotopic (exact) mass is 282 g/mol. The molecule has 1 aliphatic rings. The molecular weight excluding hydrogens is 260 g/mol. The lowest BCUT2D eigenvalue weighted by molar-refractivity contribution is 0.0533. The topological polar surface area (TPSA) is 55.6 Å². The highest BCUT2D eigenvalue weighted by Crippen LogP contribution is 2.35. The van der Waals surface area contributed by atoms with Gasteiger partial charge < -0.3 is 15.4 Å². The van der Waals surface area contributed by atoms with Gasteiger partial charge in [-0.25, -0.2) is 4.79 Å². The zero-order chi connectivity index (χ0) is 13.8. The third kappa shape index (κ3) is 3.21. The van der Waals surface area contributed by atoms with Crippen LogP contribution in [0.4, 0.5) is 10.7 Å². The minimum atomic E-state index is -0.309.